The number of halogens is 1. The summed E-state index contributed by atoms with van der Waals surface area (Å²) < 4.78 is 7.65. The number of nitrogens with zero attached hydrogens (tertiary/aromatic N) is 4. The highest BCUT2D eigenvalue weighted by Gasteiger charge is 2.13. The molecule has 8 heteroatoms. The van der Waals surface area contributed by atoms with Crippen molar-refractivity contribution in [2.45, 2.75) is 46.7 Å². The van der Waals surface area contributed by atoms with E-state index in [1.165, 1.54) is 0 Å². The lowest BCUT2D eigenvalue weighted by Gasteiger charge is -2.13. The highest BCUT2D eigenvalue weighted by Crippen LogP contribution is 2.16. The minimum absolute atomic E-state index is 0. The van der Waals surface area contributed by atoms with Crippen molar-refractivity contribution in [3.63, 3.8) is 0 Å². The molecule has 2 heterocycles. The van der Waals surface area contributed by atoms with Crippen molar-refractivity contribution in [3.05, 3.63) is 47.1 Å². The summed E-state index contributed by atoms with van der Waals surface area (Å²) in [6.45, 7) is 8.44. The van der Waals surface area contributed by atoms with E-state index >= 15 is 0 Å². The molecule has 2 aromatic heterocycles. The average Bonchev–Trinajstić information content (AvgIpc) is 3.24. The van der Waals surface area contributed by atoms with E-state index in [4.69, 9.17) is 4.52 Å². The van der Waals surface area contributed by atoms with Crippen LogP contribution in [0.3, 0.4) is 0 Å². The molecule has 28 heavy (non-hydrogen) atoms. The molecule has 0 aliphatic heterocycles. The van der Waals surface area contributed by atoms with Gasteiger partial charge in [0.15, 0.2) is 5.96 Å². The fourth-order valence-corrected chi connectivity index (χ4v) is 3.29. The molecule has 0 fully saturated rings. The van der Waals surface area contributed by atoms with Gasteiger partial charge >= 0.3 is 0 Å². The van der Waals surface area contributed by atoms with Gasteiger partial charge in [-0.3, -0.25) is 4.99 Å². The third kappa shape index (κ3) is 4.84. The van der Waals surface area contributed by atoms with E-state index in [0.29, 0.717) is 6.54 Å². The summed E-state index contributed by atoms with van der Waals surface area (Å²) in [6.07, 6.45) is 1.70. The molecule has 0 atom stereocenters. The number of hydrogen-bond donors (Lipinski definition) is 2. The number of aromatic nitrogens is 3. The van der Waals surface area contributed by atoms with E-state index in [9.17, 15) is 0 Å². The normalized spacial score (nSPS) is 11.5. The summed E-state index contributed by atoms with van der Waals surface area (Å²) in [5, 5.41) is 10.9. The van der Waals surface area contributed by atoms with Crippen LogP contribution in [0, 0.1) is 6.92 Å². The minimum Gasteiger partial charge on any atom is -0.361 e. The van der Waals surface area contributed by atoms with Crippen molar-refractivity contribution in [2.75, 3.05) is 13.6 Å². The first-order valence-electron chi connectivity index (χ1n) is 9.50. The monoisotopic (exact) mass is 496 g/mol. The van der Waals surface area contributed by atoms with Crippen LogP contribution in [0.4, 0.5) is 0 Å². The molecule has 152 valence electrons. The first kappa shape index (κ1) is 22.2. The molecule has 0 unspecified atom stereocenters. The van der Waals surface area contributed by atoms with Gasteiger partial charge in [-0.25, -0.2) is 4.98 Å². The van der Waals surface area contributed by atoms with Crippen molar-refractivity contribution >= 4 is 41.0 Å². The minimum atomic E-state index is 0. The predicted molar refractivity (Wildman–Crippen MR) is 123 cm³/mol. The maximum atomic E-state index is 5.43. The van der Waals surface area contributed by atoms with Gasteiger partial charge in [0, 0.05) is 38.7 Å². The Bertz CT molecular complexity index is 909. The molecule has 3 rings (SSSR count). The van der Waals surface area contributed by atoms with E-state index < -0.39 is 0 Å². The van der Waals surface area contributed by atoms with Gasteiger partial charge in [0.2, 0.25) is 0 Å². The van der Waals surface area contributed by atoms with Crippen LogP contribution in [0.2, 0.25) is 0 Å². The Hall–Kier alpha value is -2.10. The zero-order valence-electron chi connectivity index (χ0n) is 17.0. The molecule has 3 aromatic rings. The van der Waals surface area contributed by atoms with Crippen LogP contribution < -0.4 is 10.6 Å². The number of aryl methyl sites for hydroxylation is 3. The van der Waals surface area contributed by atoms with Crippen molar-refractivity contribution in [3.8, 4) is 0 Å². The number of fused-ring (bicyclic) bond motifs is 1. The predicted octanol–water partition coefficient (Wildman–Crippen LogP) is 3.44. The van der Waals surface area contributed by atoms with Gasteiger partial charge in [-0.15, -0.1) is 24.0 Å². The second-order valence-corrected chi connectivity index (χ2v) is 6.39. The van der Waals surface area contributed by atoms with E-state index in [-0.39, 0.29) is 24.0 Å². The van der Waals surface area contributed by atoms with E-state index in [1.807, 2.05) is 25.1 Å². The van der Waals surface area contributed by atoms with Gasteiger partial charge in [0.25, 0.3) is 0 Å². The van der Waals surface area contributed by atoms with Crippen LogP contribution in [-0.2, 0) is 25.9 Å². The smallest absolute Gasteiger partial charge is 0.191 e. The van der Waals surface area contributed by atoms with Crippen molar-refractivity contribution in [2.24, 2.45) is 4.99 Å². The van der Waals surface area contributed by atoms with Crippen LogP contribution in [0.15, 0.2) is 33.8 Å². The summed E-state index contributed by atoms with van der Waals surface area (Å²) in [6, 6.07) is 8.21. The highest BCUT2D eigenvalue weighted by atomic mass is 127. The van der Waals surface area contributed by atoms with Crippen molar-refractivity contribution < 1.29 is 4.52 Å². The quantitative estimate of drug-likeness (QED) is 0.298. The number of aliphatic imine (C=N–C) groups is 1. The molecule has 0 aliphatic rings. The third-order valence-corrected chi connectivity index (χ3v) is 4.74. The Morgan fingerprint density at radius 3 is 2.68 bits per heavy atom. The lowest BCUT2D eigenvalue weighted by Crippen LogP contribution is -2.38. The Kier molecular flexibility index (Phi) is 8.28. The number of hydrogen-bond acceptors (Lipinski definition) is 4. The standard InChI is InChI=1S/C20H28N6O.HI/c1-5-16-15(19(6-2)27-25-16)13-23-20(21-4)22-11-12-26-14(3)24-17-9-7-8-10-18(17)26;/h7-10H,5-6,11-13H2,1-4H3,(H2,21,22,23);1H. The molecule has 0 radical (unpaired) electrons. The van der Waals surface area contributed by atoms with Crippen LogP contribution >= 0.6 is 24.0 Å². The van der Waals surface area contributed by atoms with Gasteiger partial charge in [0.1, 0.15) is 11.6 Å². The molecule has 1 aromatic carbocycles. The second-order valence-electron chi connectivity index (χ2n) is 6.39. The average molecular weight is 496 g/mol. The van der Waals surface area contributed by atoms with Crippen LogP contribution in [-0.4, -0.2) is 34.3 Å². The fraction of sp³-hybridized carbons (Fsp3) is 0.450. The Balaban J connectivity index is 0.00000280. The highest BCUT2D eigenvalue weighted by molar-refractivity contribution is 14.0. The summed E-state index contributed by atoms with van der Waals surface area (Å²) in [4.78, 5) is 8.93. The number of rotatable bonds is 7. The molecule has 0 aliphatic carbocycles. The SMILES string of the molecule is CCc1noc(CC)c1CNC(=NC)NCCn1c(C)nc2ccccc21.I. The number of imidazole rings is 1. The Labute approximate surface area is 183 Å². The van der Waals surface area contributed by atoms with Crippen molar-refractivity contribution in [1.29, 1.82) is 0 Å². The van der Waals surface area contributed by atoms with Gasteiger partial charge in [-0.05, 0) is 25.5 Å². The van der Waals surface area contributed by atoms with Gasteiger partial charge in [-0.2, -0.15) is 0 Å². The molecule has 0 saturated carbocycles. The lowest BCUT2D eigenvalue weighted by molar-refractivity contribution is 0.380. The molecular formula is C20H29IN6O. The van der Waals surface area contributed by atoms with Gasteiger partial charge in [-0.1, -0.05) is 31.1 Å². The lowest BCUT2D eigenvalue weighted by atomic mass is 10.1. The van der Waals surface area contributed by atoms with Crippen molar-refractivity contribution in [1.82, 2.24) is 25.3 Å². The molecule has 0 amide bonds. The van der Waals surface area contributed by atoms with Crippen LogP contribution in [0.1, 0.15) is 36.7 Å². The summed E-state index contributed by atoms with van der Waals surface area (Å²) in [5.41, 5.74) is 4.34. The summed E-state index contributed by atoms with van der Waals surface area (Å²) in [7, 11) is 1.78. The number of guanidine groups is 1. The second kappa shape index (κ2) is 10.4. The summed E-state index contributed by atoms with van der Waals surface area (Å²) in [5.74, 6) is 2.73. The number of benzene rings is 1. The fourth-order valence-electron chi connectivity index (χ4n) is 3.29. The Morgan fingerprint density at radius 1 is 1.18 bits per heavy atom. The molecule has 0 spiro atoms. The molecule has 0 saturated heterocycles. The maximum absolute atomic E-state index is 5.43. The zero-order chi connectivity index (χ0) is 19.2. The van der Waals surface area contributed by atoms with Crippen LogP contribution in [0.25, 0.3) is 11.0 Å². The molecule has 7 nitrogen and oxygen atoms in total. The number of para-hydroxylation sites is 2. The van der Waals surface area contributed by atoms with Crippen LogP contribution in [0.5, 0.6) is 0 Å². The summed E-state index contributed by atoms with van der Waals surface area (Å²) >= 11 is 0. The third-order valence-electron chi connectivity index (χ3n) is 4.74. The maximum Gasteiger partial charge on any atom is 0.191 e. The van der Waals surface area contributed by atoms with Gasteiger partial charge < -0.3 is 19.7 Å². The molecule has 2 N–H and O–H groups in total. The Morgan fingerprint density at radius 2 is 1.96 bits per heavy atom. The van der Waals surface area contributed by atoms with E-state index in [2.05, 4.69) is 50.2 Å². The van der Waals surface area contributed by atoms with Gasteiger partial charge in [0.05, 0.1) is 16.7 Å². The van der Waals surface area contributed by atoms with E-state index in [1.54, 1.807) is 7.05 Å². The zero-order valence-corrected chi connectivity index (χ0v) is 19.3. The first-order chi connectivity index (χ1) is 13.2. The van der Waals surface area contributed by atoms with E-state index in [0.717, 1.165) is 65.8 Å². The first-order valence-corrected chi connectivity index (χ1v) is 9.50. The molecule has 0 bridgehead atoms. The molecular weight excluding hydrogens is 467 g/mol. The largest absolute Gasteiger partial charge is 0.361 e. The number of nitrogens with one attached hydrogen (secondary N) is 2. The topological polar surface area (TPSA) is 80.3 Å².